The first kappa shape index (κ1) is 14.8. The van der Waals surface area contributed by atoms with Crippen LogP contribution in [-0.2, 0) is 6.42 Å². The van der Waals surface area contributed by atoms with Gasteiger partial charge in [0.05, 0.1) is 0 Å². The molecule has 1 aromatic rings. The summed E-state index contributed by atoms with van der Waals surface area (Å²) in [4.78, 5) is 2.35. The molecule has 3 heteroatoms. The second kappa shape index (κ2) is 6.25. The Bertz CT molecular complexity index is 411. The summed E-state index contributed by atoms with van der Waals surface area (Å²) in [6, 6.07) is 8.25. The molecular formula is C16H25ClN2. The Kier molecular flexibility index (Phi) is 4.88. The van der Waals surface area contributed by atoms with Gasteiger partial charge in [-0.2, -0.15) is 0 Å². The normalized spacial score (nSPS) is 20.5. The highest BCUT2D eigenvalue weighted by Crippen LogP contribution is 2.35. The van der Waals surface area contributed by atoms with Crippen LogP contribution in [0.25, 0.3) is 0 Å². The highest BCUT2D eigenvalue weighted by molar-refractivity contribution is 6.30. The molecule has 2 nitrogen and oxygen atoms in total. The van der Waals surface area contributed by atoms with Gasteiger partial charge < -0.3 is 10.6 Å². The third kappa shape index (κ3) is 3.31. The molecule has 2 rings (SSSR count). The highest BCUT2D eigenvalue weighted by Gasteiger charge is 2.39. The summed E-state index contributed by atoms with van der Waals surface area (Å²) in [5.41, 5.74) is 7.98. The predicted octanol–water partition coefficient (Wildman–Crippen LogP) is 3.47. The standard InChI is InChI=1S/C16H25ClN2/c1-19(2)16(9-4-3-5-10-16)15(18)12-13-7-6-8-14(17)11-13/h6-8,11,15H,3-5,9-10,12,18H2,1-2H3. The maximum absolute atomic E-state index is 6.58. The van der Waals surface area contributed by atoms with E-state index in [2.05, 4.69) is 25.1 Å². The maximum Gasteiger partial charge on any atom is 0.0408 e. The Morgan fingerprint density at radius 1 is 1.26 bits per heavy atom. The van der Waals surface area contributed by atoms with E-state index in [-0.39, 0.29) is 11.6 Å². The van der Waals surface area contributed by atoms with E-state index in [1.807, 2.05) is 18.2 Å². The number of halogens is 1. The molecule has 0 bridgehead atoms. The topological polar surface area (TPSA) is 29.3 Å². The highest BCUT2D eigenvalue weighted by atomic mass is 35.5. The molecule has 0 saturated heterocycles. The minimum absolute atomic E-state index is 0.153. The van der Waals surface area contributed by atoms with Gasteiger partial charge >= 0.3 is 0 Å². The van der Waals surface area contributed by atoms with Crippen molar-refractivity contribution in [3.05, 3.63) is 34.9 Å². The van der Waals surface area contributed by atoms with E-state index in [4.69, 9.17) is 17.3 Å². The lowest BCUT2D eigenvalue weighted by molar-refractivity contribution is 0.0716. The zero-order valence-electron chi connectivity index (χ0n) is 12.0. The average Bonchev–Trinajstić information content (AvgIpc) is 2.39. The fourth-order valence-electron chi connectivity index (χ4n) is 3.42. The van der Waals surface area contributed by atoms with Gasteiger partial charge in [-0.05, 0) is 51.1 Å². The monoisotopic (exact) mass is 280 g/mol. The van der Waals surface area contributed by atoms with Crippen molar-refractivity contribution in [2.24, 2.45) is 5.73 Å². The van der Waals surface area contributed by atoms with Gasteiger partial charge in [0, 0.05) is 16.6 Å². The smallest absolute Gasteiger partial charge is 0.0408 e. The maximum atomic E-state index is 6.58. The van der Waals surface area contributed by atoms with Crippen LogP contribution in [0.15, 0.2) is 24.3 Å². The molecule has 106 valence electrons. The van der Waals surface area contributed by atoms with Gasteiger partial charge in [-0.15, -0.1) is 0 Å². The van der Waals surface area contributed by atoms with E-state index in [1.165, 1.54) is 37.7 Å². The van der Waals surface area contributed by atoms with E-state index >= 15 is 0 Å². The van der Waals surface area contributed by atoms with Crippen molar-refractivity contribution in [3.63, 3.8) is 0 Å². The lowest BCUT2D eigenvalue weighted by Gasteiger charge is -2.47. The average molecular weight is 281 g/mol. The summed E-state index contributed by atoms with van der Waals surface area (Å²) < 4.78 is 0. The first-order valence-electron chi connectivity index (χ1n) is 7.22. The summed E-state index contributed by atoms with van der Waals surface area (Å²) in [7, 11) is 4.34. The SMILES string of the molecule is CN(C)C1(C(N)Cc2cccc(Cl)c2)CCCCC1. The molecule has 1 aromatic carbocycles. The van der Waals surface area contributed by atoms with Crippen LogP contribution in [0.1, 0.15) is 37.7 Å². The number of hydrogen-bond donors (Lipinski definition) is 1. The molecule has 2 N–H and O–H groups in total. The first-order valence-corrected chi connectivity index (χ1v) is 7.60. The number of likely N-dealkylation sites (N-methyl/N-ethyl adjacent to an activating group) is 1. The minimum Gasteiger partial charge on any atom is -0.326 e. The summed E-state index contributed by atoms with van der Waals surface area (Å²) in [6.45, 7) is 0. The second-order valence-corrected chi connectivity index (χ2v) is 6.44. The Morgan fingerprint density at radius 2 is 1.95 bits per heavy atom. The molecule has 0 aromatic heterocycles. The lowest BCUT2D eigenvalue weighted by Crippen LogP contribution is -2.59. The van der Waals surface area contributed by atoms with Gasteiger partial charge in [0.25, 0.3) is 0 Å². The molecule has 1 saturated carbocycles. The van der Waals surface area contributed by atoms with Crippen molar-refractivity contribution >= 4 is 11.6 Å². The van der Waals surface area contributed by atoms with E-state index in [9.17, 15) is 0 Å². The van der Waals surface area contributed by atoms with Crippen molar-refractivity contribution < 1.29 is 0 Å². The number of nitrogens with two attached hydrogens (primary N) is 1. The molecule has 0 heterocycles. The Hall–Kier alpha value is -0.570. The summed E-state index contributed by atoms with van der Waals surface area (Å²) in [6.07, 6.45) is 7.25. The molecule has 0 amide bonds. The van der Waals surface area contributed by atoms with Crippen LogP contribution in [0.3, 0.4) is 0 Å². The van der Waals surface area contributed by atoms with Crippen LogP contribution in [0.2, 0.25) is 5.02 Å². The summed E-state index contributed by atoms with van der Waals surface area (Å²) in [5.74, 6) is 0. The Morgan fingerprint density at radius 3 is 2.53 bits per heavy atom. The first-order chi connectivity index (χ1) is 9.04. The third-order valence-corrected chi connectivity index (χ3v) is 4.88. The molecule has 0 aliphatic heterocycles. The molecule has 19 heavy (non-hydrogen) atoms. The van der Waals surface area contributed by atoms with Crippen molar-refractivity contribution in [1.29, 1.82) is 0 Å². The van der Waals surface area contributed by atoms with Gasteiger partial charge in [0.2, 0.25) is 0 Å². The van der Waals surface area contributed by atoms with Crippen LogP contribution < -0.4 is 5.73 Å². The summed E-state index contributed by atoms with van der Waals surface area (Å²) >= 11 is 6.06. The van der Waals surface area contributed by atoms with Gasteiger partial charge in [-0.3, -0.25) is 0 Å². The number of hydrogen-bond acceptors (Lipinski definition) is 2. The van der Waals surface area contributed by atoms with Gasteiger partial charge in [-0.1, -0.05) is 43.0 Å². The molecule has 0 spiro atoms. The molecule has 0 radical (unpaired) electrons. The zero-order valence-corrected chi connectivity index (χ0v) is 12.8. The molecule has 1 aliphatic carbocycles. The van der Waals surface area contributed by atoms with Crippen LogP contribution in [0, 0.1) is 0 Å². The number of nitrogens with zero attached hydrogens (tertiary/aromatic N) is 1. The van der Waals surface area contributed by atoms with Crippen LogP contribution in [0.5, 0.6) is 0 Å². The molecule has 1 aliphatic rings. The van der Waals surface area contributed by atoms with E-state index in [0.717, 1.165) is 11.4 Å². The van der Waals surface area contributed by atoms with E-state index in [1.54, 1.807) is 0 Å². The van der Waals surface area contributed by atoms with E-state index in [0.29, 0.717) is 0 Å². The zero-order chi connectivity index (χ0) is 13.9. The largest absolute Gasteiger partial charge is 0.326 e. The van der Waals surface area contributed by atoms with Gasteiger partial charge in [-0.25, -0.2) is 0 Å². The van der Waals surface area contributed by atoms with Crippen molar-refractivity contribution in [2.45, 2.75) is 50.1 Å². The molecule has 1 fully saturated rings. The Labute approximate surface area is 121 Å². The lowest BCUT2D eigenvalue weighted by atomic mass is 9.74. The van der Waals surface area contributed by atoms with Crippen LogP contribution >= 0.6 is 11.6 Å². The van der Waals surface area contributed by atoms with E-state index < -0.39 is 0 Å². The van der Waals surface area contributed by atoms with Crippen molar-refractivity contribution in [1.82, 2.24) is 4.90 Å². The second-order valence-electron chi connectivity index (χ2n) is 6.00. The Balaban J connectivity index is 2.13. The number of rotatable bonds is 4. The fourth-order valence-corrected chi connectivity index (χ4v) is 3.63. The van der Waals surface area contributed by atoms with Crippen LogP contribution in [0.4, 0.5) is 0 Å². The third-order valence-electron chi connectivity index (χ3n) is 4.64. The minimum atomic E-state index is 0.153. The van der Waals surface area contributed by atoms with Crippen molar-refractivity contribution in [2.75, 3.05) is 14.1 Å². The number of benzene rings is 1. The van der Waals surface area contributed by atoms with Crippen molar-refractivity contribution in [3.8, 4) is 0 Å². The van der Waals surface area contributed by atoms with Gasteiger partial charge in [0.1, 0.15) is 0 Å². The quantitative estimate of drug-likeness (QED) is 0.915. The predicted molar refractivity (Wildman–Crippen MR) is 82.6 cm³/mol. The fraction of sp³-hybridized carbons (Fsp3) is 0.625. The van der Waals surface area contributed by atoms with Gasteiger partial charge in [0.15, 0.2) is 0 Å². The molecular weight excluding hydrogens is 256 g/mol. The summed E-state index contributed by atoms with van der Waals surface area (Å²) in [5, 5.41) is 0.798. The molecule has 1 unspecified atom stereocenters. The molecule has 1 atom stereocenters. The van der Waals surface area contributed by atoms with Crippen LogP contribution in [-0.4, -0.2) is 30.6 Å².